The summed E-state index contributed by atoms with van der Waals surface area (Å²) >= 11 is 1.40. The van der Waals surface area contributed by atoms with Crippen molar-refractivity contribution in [1.82, 2.24) is 10.3 Å². The molecule has 1 amide bonds. The van der Waals surface area contributed by atoms with Crippen molar-refractivity contribution in [2.75, 3.05) is 12.2 Å². The minimum Gasteiger partial charge on any atom is -0.451 e. The van der Waals surface area contributed by atoms with Gasteiger partial charge >= 0.3 is 5.97 Å². The summed E-state index contributed by atoms with van der Waals surface area (Å²) in [6.07, 6.45) is 3.40. The van der Waals surface area contributed by atoms with E-state index in [4.69, 9.17) is 4.74 Å². The number of aromatic nitrogens is 1. The largest absolute Gasteiger partial charge is 0.451 e. The van der Waals surface area contributed by atoms with Crippen molar-refractivity contribution in [3.8, 4) is 0 Å². The smallest absolute Gasteiger partial charge is 0.341 e. The van der Waals surface area contributed by atoms with Gasteiger partial charge in [0.25, 0.3) is 5.91 Å². The van der Waals surface area contributed by atoms with E-state index < -0.39 is 11.5 Å². The third-order valence-electron chi connectivity index (χ3n) is 3.72. The molecule has 1 aliphatic heterocycles. The molecule has 22 heavy (non-hydrogen) atoms. The standard InChI is InChI=1S/C15H19N3O3S/c1-9(2)15(3)14(20)17-12(18-15)11-10(6-5-7-16-11)13(19)21-8-22-4/h5-7,9H,8H2,1-4H3,(H,17,18,20). The number of carbonyl (C=O) groups excluding carboxylic acids is 2. The number of carbonyl (C=O) groups is 2. The molecule has 1 N–H and O–H groups in total. The number of esters is 1. The molecule has 118 valence electrons. The van der Waals surface area contributed by atoms with Crippen LogP contribution in [0.4, 0.5) is 0 Å². The normalized spacial score (nSPS) is 20.8. The first-order valence-electron chi connectivity index (χ1n) is 6.93. The van der Waals surface area contributed by atoms with Gasteiger partial charge in [0.1, 0.15) is 17.2 Å². The Kier molecular flexibility index (Phi) is 4.85. The van der Waals surface area contributed by atoms with Gasteiger partial charge < -0.3 is 10.1 Å². The van der Waals surface area contributed by atoms with Crippen LogP contribution in [0.5, 0.6) is 0 Å². The van der Waals surface area contributed by atoms with E-state index in [9.17, 15) is 9.59 Å². The first-order chi connectivity index (χ1) is 10.4. The van der Waals surface area contributed by atoms with Gasteiger partial charge in [-0.3, -0.25) is 9.78 Å². The lowest BCUT2D eigenvalue weighted by Gasteiger charge is -2.21. The lowest BCUT2D eigenvalue weighted by Crippen LogP contribution is -2.41. The molecule has 6 nitrogen and oxygen atoms in total. The molecule has 2 heterocycles. The van der Waals surface area contributed by atoms with E-state index in [1.54, 1.807) is 25.3 Å². The maximum atomic E-state index is 12.2. The minimum atomic E-state index is -0.854. The van der Waals surface area contributed by atoms with Crippen LogP contribution >= 0.6 is 11.8 Å². The van der Waals surface area contributed by atoms with E-state index >= 15 is 0 Å². The van der Waals surface area contributed by atoms with Crippen LogP contribution in [0, 0.1) is 5.92 Å². The second kappa shape index (κ2) is 6.48. The van der Waals surface area contributed by atoms with Gasteiger partial charge in [-0.05, 0) is 31.2 Å². The molecule has 0 saturated heterocycles. The molecule has 2 rings (SSSR count). The van der Waals surface area contributed by atoms with Gasteiger partial charge in [0.2, 0.25) is 0 Å². The molecular formula is C15H19N3O3S. The third-order valence-corrected chi connectivity index (χ3v) is 4.07. The molecule has 1 atom stereocenters. The van der Waals surface area contributed by atoms with Crippen LogP contribution in [0.15, 0.2) is 23.3 Å². The fraction of sp³-hybridized carbons (Fsp3) is 0.467. The number of rotatable bonds is 5. The summed E-state index contributed by atoms with van der Waals surface area (Å²) in [6, 6.07) is 3.27. The van der Waals surface area contributed by atoms with Crippen molar-refractivity contribution < 1.29 is 14.3 Å². The van der Waals surface area contributed by atoms with Gasteiger partial charge in [-0.25, -0.2) is 9.79 Å². The highest BCUT2D eigenvalue weighted by molar-refractivity contribution is 7.98. The number of thioether (sulfide) groups is 1. The van der Waals surface area contributed by atoms with Crippen molar-refractivity contribution in [2.45, 2.75) is 26.3 Å². The number of hydrogen-bond donors (Lipinski definition) is 1. The van der Waals surface area contributed by atoms with Crippen molar-refractivity contribution in [3.63, 3.8) is 0 Å². The maximum Gasteiger partial charge on any atom is 0.341 e. The average molecular weight is 321 g/mol. The van der Waals surface area contributed by atoms with Gasteiger partial charge in [0.15, 0.2) is 5.84 Å². The second-order valence-electron chi connectivity index (χ2n) is 5.45. The molecule has 1 aromatic rings. The Labute approximate surface area is 133 Å². The SMILES string of the molecule is CSCOC(=O)c1cccnc1C1=NC(C)(C(C)C)C(=O)N1. The monoisotopic (exact) mass is 321 g/mol. The topological polar surface area (TPSA) is 80.7 Å². The molecule has 1 aliphatic rings. The lowest BCUT2D eigenvalue weighted by molar-refractivity contribution is -0.124. The Morgan fingerprint density at radius 2 is 2.23 bits per heavy atom. The summed E-state index contributed by atoms with van der Waals surface area (Å²) < 4.78 is 5.12. The number of amidine groups is 1. The Morgan fingerprint density at radius 1 is 1.50 bits per heavy atom. The highest BCUT2D eigenvalue weighted by atomic mass is 32.2. The van der Waals surface area contributed by atoms with Gasteiger partial charge in [-0.1, -0.05) is 13.8 Å². The summed E-state index contributed by atoms with van der Waals surface area (Å²) in [4.78, 5) is 33.0. The number of nitrogens with zero attached hydrogens (tertiary/aromatic N) is 2. The zero-order chi connectivity index (χ0) is 16.3. The Morgan fingerprint density at radius 3 is 2.82 bits per heavy atom. The van der Waals surface area contributed by atoms with Crippen molar-refractivity contribution in [1.29, 1.82) is 0 Å². The van der Waals surface area contributed by atoms with Gasteiger partial charge in [0, 0.05) is 6.20 Å². The van der Waals surface area contributed by atoms with Crippen molar-refractivity contribution in [2.24, 2.45) is 10.9 Å². The van der Waals surface area contributed by atoms with Gasteiger partial charge in [-0.2, -0.15) is 0 Å². The Bertz CT molecular complexity index is 630. The molecule has 0 radical (unpaired) electrons. The van der Waals surface area contributed by atoms with Crippen LogP contribution in [0.25, 0.3) is 0 Å². The van der Waals surface area contributed by atoms with E-state index in [-0.39, 0.29) is 17.8 Å². The number of hydrogen-bond acceptors (Lipinski definition) is 6. The highest BCUT2D eigenvalue weighted by Crippen LogP contribution is 2.27. The van der Waals surface area contributed by atoms with Gasteiger partial charge in [-0.15, -0.1) is 11.8 Å². The maximum absolute atomic E-state index is 12.2. The van der Waals surface area contributed by atoms with Crippen LogP contribution in [0.3, 0.4) is 0 Å². The molecule has 0 aromatic carbocycles. The molecule has 0 spiro atoms. The van der Waals surface area contributed by atoms with Crippen LogP contribution in [-0.4, -0.2) is 40.4 Å². The molecule has 0 saturated carbocycles. The summed E-state index contributed by atoms with van der Waals surface area (Å²) in [5, 5.41) is 2.73. The van der Waals surface area contributed by atoms with E-state index in [0.717, 1.165) is 0 Å². The highest BCUT2D eigenvalue weighted by Gasteiger charge is 2.43. The quantitative estimate of drug-likeness (QED) is 0.661. The molecule has 1 aromatic heterocycles. The first kappa shape index (κ1) is 16.5. The summed E-state index contributed by atoms with van der Waals surface area (Å²) in [6.45, 7) is 5.63. The predicted molar refractivity (Wildman–Crippen MR) is 86.0 cm³/mol. The number of ether oxygens (including phenoxy) is 1. The first-order valence-corrected chi connectivity index (χ1v) is 8.32. The molecule has 0 fully saturated rings. The average Bonchev–Trinajstić information content (AvgIpc) is 2.81. The van der Waals surface area contributed by atoms with Crippen LogP contribution in [0.1, 0.15) is 36.8 Å². The molecular weight excluding hydrogens is 302 g/mol. The Balaban J connectivity index is 2.38. The number of aliphatic imine (C=N–C) groups is 1. The third kappa shape index (κ3) is 2.99. The van der Waals surface area contributed by atoms with E-state index in [2.05, 4.69) is 15.3 Å². The molecule has 0 aliphatic carbocycles. The van der Waals surface area contributed by atoms with E-state index in [1.807, 2.05) is 20.1 Å². The second-order valence-corrected chi connectivity index (χ2v) is 6.27. The minimum absolute atomic E-state index is 0.0283. The zero-order valence-corrected chi connectivity index (χ0v) is 13.9. The Hall–Kier alpha value is -1.89. The van der Waals surface area contributed by atoms with Gasteiger partial charge in [0.05, 0.1) is 5.56 Å². The fourth-order valence-corrected chi connectivity index (χ4v) is 2.22. The molecule has 7 heteroatoms. The van der Waals surface area contributed by atoms with Crippen molar-refractivity contribution >= 4 is 29.5 Å². The van der Waals surface area contributed by atoms with Crippen molar-refractivity contribution in [3.05, 3.63) is 29.6 Å². The van der Waals surface area contributed by atoms with E-state index in [1.165, 1.54) is 11.8 Å². The summed E-state index contributed by atoms with van der Waals surface area (Å²) in [7, 11) is 0. The summed E-state index contributed by atoms with van der Waals surface area (Å²) in [5.74, 6) is -0.0620. The number of pyridine rings is 1. The molecule has 1 unspecified atom stereocenters. The van der Waals surface area contributed by atoms with Crippen LogP contribution < -0.4 is 5.32 Å². The zero-order valence-electron chi connectivity index (χ0n) is 13.0. The predicted octanol–water partition coefficient (Wildman–Crippen LogP) is 1.85. The number of nitrogens with one attached hydrogen (secondary N) is 1. The molecule has 0 bridgehead atoms. The fourth-order valence-electron chi connectivity index (χ4n) is 2.00. The van der Waals surface area contributed by atoms with Crippen LogP contribution in [0.2, 0.25) is 0 Å². The van der Waals surface area contributed by atoms with Crippen LogP contribution in [-0.2, 0) is 9.53 Å². The lowest BCUT2D eigenvalue weighted by atomic mass is 9.89. The van der Waals surface area contributed by atoms with E-state index in [0.29, 0.717) is 17.1 Å². The summed E-state index contributed by atoms with van der Waals surface area (Å²) in [5.41, 5.74) is -0.220. The number of amides is 1.